The summed E-state index contributed by atoms with van der Waals surface area (Å²) in [6, 6.07) is 11.6. The van der Waals surface area contributed by atoms with Gasteiger partial charge >= 0.3 is 0 Å². The molecule has 0 saturated heterocycles. The molecule has 0 aliphatic heterocycles. The van der Waals surface area contributed by atoms with Crippen molar-refractivity contribution in [2.24, 2.45) is 0 Å². The Hall–Kier alpha value is -1.51. The zero-order valence-electron chi connectivity index (χ0n) is 9.98. The lowest BCUT2D eigenvalue weighted by Crippen LogP contribution is -2.25. The van der Waals surface area contributed by atoms with Crippen molar-refractivity contribution in [3.8, 4) is 6.07 Å². The van der Waals surface area contributed by atoms with Gasteiger partial charge in [0.2, 0.25) is 0 Å². The van der Waals surface area contributed by atoms with E-state index >= 15 is 0 Å². The largest absolute Gasteiger partial charge is 0.374 e. The first-order valence-electron chi connectivity index (χ1n) is 5.75. The molecule has 1 aromatic carbocycles. The third-order valence-electron chi connectivity index (χ3n) is 2.37. The van der Waals surface area contributed by atoms with Crippen molar-refractivity contribution in [1.82, 2.24) is 5.32 Å². The zero-order chi connectivity index (χ0) is 13.2. The smallest absolute Gasteiger partial charge is 0.261 e. The Kier molecular flexibility index (Phi) is 6.92. The third kappa shape index (κ3) is 5.71. The molecule has 1 rings (SSSR count). The van der Waals surface area contributed by atoms with Gasteiger partial charge in [0, 0.05) is 13.1 Å². The fourth-order valence-corrected chi connectivity index (χ4v) is 1.49. The van der Waals surface area contributed by atoms with Gasteiger partial charge in [-0.25, -0.2) is 8.78 Å². The van der Waals surface area contributed by atoms with Gasteiger partial charge in [0.1, 0.15) is 6.61 Å². The summed E-state index contributed by atoms with van der Waals surface area (Å²) in [6.45, 7) is 0.621. The predicted octanol–water partition coefficient (Wildman–Crippen LogP) is 2.17. The Morgan fingerprint density at radius 1 is 1.28 bits per heavy atom. The standard InChI is InChI=1S/C13H16F2N2O/c14-13(15)10-18-7-6-17-9-12(8-16)11-4-2-1-3-5-11/h1-5,12-13,17H,6-7,9-10H2. The molecule has 0 radical (unpaired) electrons. The second-order valence-electron chi connectivity index (χ2n) is 3.76. The second-order valence-corrected chi connectivity index (χ2v) is 3.76. The zero-order valence-corrected chi connectivity index (χ0v) is 9.98. The minimum atomic E-state index is -2.43. The van der Waals surface area contributed by atoms with Crippen LogP contribution in [0.2, 0.25) is 0 Å². The van der Waals surface area contributed by atoms with Crippen molar-refractivity contribution in [3.05, 3.63) is 35.9 Å². The van der Waals surface area contributed by atoms with Crippen LogP contribution in [0.4, 0.5) is 8.78 Å². The first-order valence-corrected chi connectivity index (χ1v) is 5.75. The molecule has 0 fully saturated rings. The molecule has 0 amide bonds. The van der Waals surface area contributed by atoms with Crippen LogP contribution in [0.5, 0.6) is 0 Å². The number of hydrogen-bond donors (Lipinski definition) is 1. The predicted molar refractivity (Wildman–Crippen MR) is 64.5 cm³/mol. The fourth-order valence-electron chi connectivity index (χ4n) is 1.49. The Bertz CT molecular complexity index is 365. The van der Waals surface area contributed by atoms with Gasteiger partial charge in [0.15, 0.2) is 0 Å². The Morgan fingerprint density at radius 2 is 2.00 bits per heavy atom. The maximum Gasteiger partial charge on any atom is 0.261 e. The Morgan fingerprint density at radius 3 is 2.61 bits per heavy atom. The second kappa shape index (κ2) is 8.56. The van der Waals surface area contributed by atoms with E-state index in [1.54, 1.807) is 0 Å². The van der Waals surface area contributed by atoms with Crippen LogP contribution in [-0.2, 0) is 4.74 Å². The summed E-state index contributed by atoms with van der Waals surface area (Å²) in [5, 5.41) is 12.1. The van der Waals surface area contributed by atoms with Crippen LogP contribution >= 0.6 is 0 Å². The quantitative estimate of drug-likeness (QED) is 0.723. The molecule has 0 heterocycles. The van der Waals surface area contributed by atoms with Crippen LogP contribution in [0.15, 0.2) is 30.3 Å². The van der Waals surface area contributed by atoms with E-state index in [1.807, 2.05) is 30.3 Å². The SMILES string of the molecule is N#CC(CNCCOCC(F)F)c1ccccc1. The first kappa shape index (κ1) is 14.6. The summed E-state index contributed by atoms with van der Waals surface area (Å²) in [5.74, 6) is -0.235. The molecule has 5 heteroatoms. The molecular weight excluding hydrogens is 238 g/mol. The lowest BCUT2D eigenvalue weighted by Gasteiger charge is -2.10. The fraction of sp³-hybridized carbons (Fsp3) is 0.462. The van der Waals surface area contributed by atoms with Crippen LogP contribution in [-0.4, -0.2) is 32.7 Å². The highest BCUT2D eigenvalue weighted by Gasteiger charge is 2.09. The van der Waals surface area contributed by atoms with Crippen LogP contribution in [0.25, 0.3) is 0 Å². The molecule has 0 aromatic heterocycles. The molecule has 0 aliphatic rings. The van der Waals surface area contributed by atoms with Crippen LogP contribution < -0.4 is 5.32 Å². The summed E-state index contributed by atoms with van der Waals surface area (Å²) >= 11 is 0. The average molecular weight is 254 g/mol. The van der Waals surface area contributed by atoms with Crippen LogP contribution in [0.3, 0.4) is 0 Å². The molecule has 1 aromatic rings. The highest BCUT2D eigenvalue weighted by molar-refractivity contribution is 5.24. The van der Waals surface area contributed by atoms with Gasteiger partial charge < -0.3 is 10.1 Å². The van der Waals surface area contributed by atoms with Gasteiger partial charge in [0.05, 0.1) is 18.6 Å². The minimum absolute atomic E-state index is 0.220. The van der Waals surface area contributed by atoms with E-state index < -0.39 is 13.0 Å². The molecule has 0 saturated carbocycles. The van der Waals surface area contributed by atoms with Gasteiger partial charge in [-0.2, -0.15) is 5.26 Å². The molecule has 0 bridgehead atoms. The number of nitriles is 1. The molecule has 3 nitrogen and oxygen atoms in total. The molecule has 0 aliphatic carbocycles. The van der Waals surface area contributed by atoms with Crippen molar-refractivity contribution >= 4 is 0 Å². The van der Waals surface area contributed by atoms with Crippen molar-refractivity contribution in [3.63, 3.8) is 0 Å². The number of ether oxygens (including phenoxy) is 1. The van der Waals surface area contributed by atoms with Crippen molar-refractivity contribution in [2.45, 2.75) is 12.3 Å². The van der Waals surface area contributed by atoms with Gasteiger partial charge in [0.25, 0.3) is 6.43 Å². The summed E-state index contributed by atoms with van der Waals surface area (Å²) in [7, 11) is 0. The molecular formula is C13H16F2N2O. The number of benzene rings is 1. The summed E-state index contributed by atoms with van der Waals surface area (Å²) in [5.41, 5.74) is 0.945. The summed E-state index contributed by atoms with van der Waals surface area (Å²) < 4.78 is 28.2. The highest BCUT2D eigenvalue weighted by atomic mass is 19.3. The normalized spacial score (nSPS) is 12.3. The van der Waals surface area contributed by atoms with E-state index in [9.17, 15) is 8.78 Å². The van der Waals surface area contributed by atoms with Gasteiger partial charge in [-0.15, -0.1) is 0 Å². The van der Waals surface area contributed by atoms with Crippen molar-refractivity contribution in [1.29, 1.82) is 5.26 Å². The number of nitrogens with one attached hydrogen (secondary N) is 1. The number of halogens is 2. The summed E-state index contributed by atoms with van der Waals surface area (Å²) in [4.78, 5) is 0. The third-order valence-corrected chi connectivity index (χ3v) is 2.37. The molecule has 0 spiro atoms. The highest BCUT2D eigenvalue weighted by Crippen LogP contribution is 2.12. The molecule has 98 valence electrons. The van der Waals surface area contributed by atoms with E-state index in [0.29, 0.717) is 13.1 Å². The number of alkyl halides is 2. The Balaban J connectivity index is 2.20. The van der Waals surface area contributed by atoms with Gasteiger partial charge in [-0.05, 0) is 5.56 Å². The first-order chi connectivity index (χ1) is 8.74. The lowest BCUT2D eigenvalue weighted by atomic mass is 10.0. The molecule has 1 atom stereocenters. The number of rotatable bonds is 8. The maximum atomic E-state index is 11.8. The van der Waals surface area contributed by atoms with E-state index in [2.05, 4.69) is 11.4 Å². The van der Waals surface area contributed by atoms with E-state index in [-0.39, 0.29) is 12.5 Å². The number of hydrogen-bond acceptors (Lipinski definition) is 3. The molecule has 1 N–H and O–H groups in total. The maximum absolute atomic E-state index is 11.8. The van der Waals surface area contributed by atoms with Crippen LogP contribution in [0, 0.1) is 11.3 Å². The molecule has 1 unspecified atom stereocenters. The summed E-state index contributed by atoms with van der Waals surface area (Å²) in [6.07, 6.45) is -2.43. The van der Waals surface area contributed by atoms with Gasteiger partial charge in [-0.3, -0.25) is 0 Å². The van der Waals surface area contributed by atoms with E-state index in [1.165, 1.54) is 0 Å². The topological polar surface area (TPSA) is 45.0 Å². The van der Waals surface area contributed by atoms with Crippen molar-refractivity contribution in [2.75, 3.05) is 26.3 Å². The van der Waals surface area contributed by atoms with Gasteiger partial charge in [-0.1, -0.05) is 30.3 Å². The number of nitrogens with zero attached hydrogens (tertiary/aromatic N) is 1. The lowest BCUT2D eigenvalue weighted by molar-refractivity contribution is 0.0188. The monoisotopic (exact) mass is 254 g/mol. The minimum Gasteiger partial charge on any atom is -0.374 e. The molecule has 18 heavy (non-hydrogen) atoms. The average Bonchev–Trinajstić information content (AvgIpc) is 2.38. The van der Waals surface area contributed by atoms with Crippen LogP contribution in [0.1, 0.15) is 11.5 Å². The van der Waals surface area contributed by atoms with E-state index in [0.717, 1.165) is 5.56 Å². The Labute approximate surface area is 105 Å². The van der Waals surface area contributed by atoms with Crippen molar-refractivity contribution < 1.29 is 13.5 Å². The van der Waals surface area contributed by atoms with E-state index in [4.69, 9.17) is 10.00 Å².